The largest absolute Gasteiger partial charge is 0.381 e. The number of nitrogens with zero attached hydrogens (tertiary/aromatic N) is 2. The Hall–Kier alpha value is -2.08. The number of aromatic amines is 1. The summed E-state index contributed by atoms with van der Waals surface area (Å²) in [5.74, 6) is 1.66. The first kappa shape index (κ1) is 23.7. The van der Waals surface area contributed by atoms with Gasteiger partial charge in [-0.3, -0.25) is 4.79 Å². The van der Waals surface area contributed by atoms with Crippen molar-refractivity contribution in [1.82, 2.24) is 14.5 Å². The molecule has 0 amide bonds. The minimum absolute atomic E-state index is 0.154. The number of hydrogen-bond acceptors (Lipinski definition) is 3. The van der Waals surface area contributed by atoms with Crippen molar-refractivity contribution in [3.05, 3.63) is 56.5 Å². The molecule has 0 saturated carbocycles. The Kier molecular flexibility index (Phi) is 6.62. The van der Waals surface area contributed by atoms with Crippen LogP contribution in [-0.4, -0.2) is 47.3 Å². The summed E-state index contributed by atoms with van der Waals surface area (Å²) in [5.41, 5.74) is 6.64. The summed E-state index contributed by atoms with van der Waals surface area (Å²) in [4.78, 5) is 18.6. The molecule has 2 fully saturated rings. The predicted octanol–water partition coefficient (Wildman–Crippen LogP) is 5.83. The molecule has 2 saturated heterocycles. The SMILES string of the molecule is Cc1c(-c2[nH]c3ccc(C4CCN(CC5CCOC5)CC4)cc3c2C(C)C)cn(C)c(=O)c1Cl. The van der Waals surface area contributed by atoms with E-state index >= 15 is 0 Å². The van der Waals surface area contributed by atoms with E-state index in [-0.39, 0.29) is 5.56 Å². The maximum absolute atomic E-state index is 12.3. The van der Waals surface area contributed by atoms with E-state index in [9.17, 15) is 4.79 Å². The van der Waals surface area contributed by atoms with E-state index < -0.39 is 0 Å². The van der Waals surface area contributed by atoms with Gasteiger partial charge in [0, 0.05) is 42.9 Å². The molecule has 1 N–H and O–H groups in total. The highest BCUT2D eigenvalue weighted by Gasteiger charge is 2.26. The van der Waals surface area contributed by atoms with Crippen LogP contribution in [-0.2, 0) is 11.8 Å². The number of aromatic nitrogens is 2. The summed E-state index contributed by atoms with van der Waals surface area (Å²) in [6.45, 7) is 11.8. The van der Waals surface area contributed by atoms with Gasteiger partial charge in [0.05, 0.1) is 12.3 Å². The van der Waals surface area contributed by atoms with Gasteiger partial charge in [0.25, 0.3) is 5.56 Å². The molecule has 0 bridgehead atoms. The second kappa shape index (κ2) is 9.52. The summed E-state index contributed by atoms with van der Waals surface area (Å²) in [5, 5.41) is 1.59. The molecular formula is C28H36ClN3O2. The van der Waals surface area contributed by atoms with Crippen LogP contribution in [0.5, 0.6) is 0 Å². The lowest BCUT2D eigenvalue weighted by atomic mass is 9.87. The van der Waals surface area contributed by atoms with Crippen LogP contribution in [0.15, 0.2) is 29.2 Å². The highest BCUT2D eigenvalue weighted by molar-refractivity contribution is 6.31. The maximum Gasteiger partial charge on any atom is 0.269 e. The molecule has 2 aliphatic heterocycles. The molecule has 0 spiro atoms. The number of pyridine rings is 1. The number of rotatable bonds is 5. The van der Waals surface area contributed by atoms with Gasteiger partial charge in [0.1, 0.15) is 5.02 Å². The number of H-pyrrole nitrogens is 1. The van der Waals surface area contributed by atoms with Gasteiger partial charge in [-0.25, -0.2) is 0 Å². The fraction of sp³-hybridized carbons (Fsp3) is 0.536. The molecule has 4 heterocycles. The van der Waals surface area contributed by atoms with Crippen molar-refractivity contribution in [3.63, 3.8) is 0 Å². The lowest BCUT2D eigenvalue weighted by Crippen LogP contribution is -2.36. The summed E-state index contributed by atoms with van der Waals surface area (Å²) >= 11 is 6.40. The van der Waals surface area contributed by atoms with Gasteiger partial charge in [-0.05, 0) is 85.9 Å². The summed E-state index contributed by atoms with van der Waals surface area (Å²) < 4.78 is 7.15. The number of fused-ring (bicyclic) bond motifs is 1. The fourth-order valence-electron chi connectivity index (χ4n) is 5.87. The summed E-state index contributed by atoms with van der Waals surface area (Å²) in [7, 11) is 1.76. The second-order valence-electron chi connectivity index (χ2n) is 10.6. The maximum atomic E-state index is 12.3. The highest BCUT2D eigenvalue weighted by atomic mass is 35.5. The van der Waals surface area contributed by atoms with E-state index in [0.29, 0.717) is 22.8 Å². The molecule has 6 heteroatoms. The number of halogens is 1. The van der Waals surface area contributed by atoms with E-state index in [4.69, 9.17) is 16.3 Å². The van der Waals surface area contributed by atoms with Crippen molar-refractivity contribution in [3.8, 4) is 11.3 Å². The number of nitrogens with one attached hydrogen (secondary N) is 1. The summed E-state index contributed by atoms with van der Waals surface area (Å²) in [6.07, 6.45) is 5.54. The van der Waals surface area contributed by atoms with E-state index in [0.717, 1.165) is 35.6 Å². The third-order valence-corrected chi connectivity index (χ3v) is 8.32. The predicted molar refractivity (Wildman–Crippen MR) is 140 cm³/mol. The minimum Gasteiger partial charge on any atom is -0.381 e. The Bertz CT molecular complexity index is 1240. The number of ether oxygens (including phenoxy) is 1. The van der Waals surface area contributed by atoms with Gasteiger partial charge >= 0.3 is 0 Å². The lowest BCUT2D eigenvalue weighted by molar-refractivity contribution is 0.152. The van der Waals surface area contributed by atoms with Gasteiger partial charge in [0.2, 0.25) is 0 Å². The molecule has 182 valence electrons. The number of likely N-dealkylation sites (tertiary alicyclic amines) is 1. The average molecular weight is 482 g/mol. The topological polar surface area (TPSA) is 50.3 Å². The zero-order valence-corrected chi connectivity index (χ0v) is 21.5. The van der Waals surface area contributed by atoms with Crippen LogP contribution in [0.3, 0.4) is 0 Å². The molecule has 2 aliphatic rings. The molecule has 1 atom stereocenters. The Morgan fingerprint density at radius 1 is 1.21 bits per heavy atom. The molecule has 0 radical (unpaired) electrons. The fourth-order valence-corrected chi connectivity index (χ4v) is 6.11. The van der Waals surface area contributed by atoms with Gasteiger partial charge in [-0.1, -0.05) is 31.5 Å². The lowest BCUT2D eigenvalue weighted by Gasteiger charge is -2.33. The third kappa shape index (κ3) is 4.34. The highest BCUT2D eigenvalue weighted by Crippen LogP contribution is 2.39. The van der Waals surface area contributed by atoms with Crippen molar-refractivity contribution >= 4 is 22.5 Å². The normalized spacial score (nSPS) is 20.1. The van der Waals surface area contributed by atoms with E-state index in [1.165, 1.54) is 55.4 Å². The first-order valence-electron chi connectivity index (χ1n) is 12.6. The van der Waals surface area contributed by atoms with Crippen molar-refractivity contribution in [2.24, 2.45) is 13.0 Å². The second-order valence-corrected chi connectivity index (χ2v) is 11.0. The van der Waals surface area contributed by atoms with Crippen LogP contribution in [0.1, 0.15) is 61.6 Å². The van der Waals surface area contributed by atoms with Gasteiger partial charge in [-0.15, -0.1) is 0 Å². The average Bonchev–Trinajstić information content (AvgIpc) is 3.47. The van der Waals surface area contributed by atoms with E-state index in [1.54, 1.807) is 11.6 Å². The Morgan fingerprint density at radius 3 is 2.65 bits per heavy atom. The molecular weight excluding hydrogens is 446 g/mol. The van der Waals surface area contributed by atoms with Crippen LogP contribution in [0.4, 0.5) is 0 Å². The standard InChI is InChI=1S/C28H36ClN3O2/c1-17(2)25-22-13-21(20-7-10-32(11-8-20)14-19-9-12-34-16-19)5-6-24(22)30-27(25)23-15-31(4)28(33)26(29)18(23)3/h5-6,13,15,17,19-20,30H,7-12,14,16H2,1-4H3. The van der Waals surface area contributed by atoms with Crippen LogP contribution >= 0.6 is 11.6 Å². The van der Waals surface area contributed by atoms with Crippen molar-refractivity contribution < 1.29 is 4.74 Å². The van der Waals surface area contributed by atoms with Crippen LogP contribution < -0.4 is 5.56 Å². The Morgan fingerprint density at radius 2 is 1.97 bits per heavy atom. The quantitative estimate of drug-likeness (QED) is 0.498. The molecule has 0 aliphatic carbocycles. The number of piperidine rings is 1. The minimum atomic E-state index is -0.154. The van der Waals surface area contributed by atoms with Gasteiger partial charge in [-0.2, -0.15) is 0 Å². The smallest absolute Gasteiger partial charge is 0.269 e. The Labute approximate surface area is 207 Å². The molecule has 1 unspecified atom stereocenters. The van der Waals surface area contributed by atoms with Crippen molar-refractivity contribution in [1.29, 1.82) is 0 Å². The zero-order valence-electron chi connectivity index (χ0n) is 20.8. The molecule has 34 heavy (non-hydrogen) atoms. The van der Waals surface area contributed by atoms with Crippen LogP contribution in [0.2, 0.25) is 5.02 Å². The van der Waals surface area contributed by atoms with Crippen LogP contribution in [0.25, 0.3) is 22.2 Å². The first-order chi connectivity index (χ1) is 16.3. The number of hydrogen-bond donors (Lipinski definition) is 1. The molecule has 5 rings (SSSR count). The molecule has 3 aromatic rings. The Balaban J connectivity index is 1.45. The van der Waals surface area contributed by atoms with Crippen molar-refractivity contribution in [2.45, 2.75) is 51.9 Å². The van der Waals surface area contributed by atoms with Gasteiger partial charge in [0.15, 0.2) is 0 Å². The monoisotopic (exact) mass is 481 g/mol. The van der Waals surface area contributed by atoms with Crippen LogP contribution in [0, 0.1) is 12.8 Å². The zero-order chi connectivity index (χ0) is 24.0. The first-order valence-corrected chi connectivity index (χ1v) is 13.0. The molecule has 2 aromatic heterocycles. The molecule has 1 aromatic carbocycles. The number of aryl methyl sites for hydroxylation is 1. The third-order valence-electron chi connectivity index (χ3n) is 7.87. The number of benzene rings is 1. The van der Waals surface area contributed by atoms with E-state index in [2.05, 4.69) is 41.9 Å². The van der Waals surface area contributed by atoms with Crippen molar-refractivity contribution in [2.75, 3.05) is 32.8 Å². The molecule has 5 nitrogen and oxygen atoms in total. The van der Waals surface area contributed by atoms with E-state index in [1.807, 2.05) is 13.1 Å². The summed E-state index contributed by atoms with van der Waals surface area (Å²) in [6, 6.07) is 6.95. The van der Waals surface area contributed by atoms with Gasteiger partial charge < -0.3 is 19.2 Å².